The molecule has 18 heavy (non-hydrogen) atoms. The van der Waals surface area contributed by atoms with E-state index in [1.165, 1.54) is 4.57 Å². The number of nitrogens with two attached hydrogens (primary N) is 1. The van der Waals surface area contributed by atoms with Crippen LogP contribution in [0.25, 0.3) is 0 Å². The van der Waals surface area contributed by atoms with Gasteiger partial charge in [0.25, 0.3) is 0 Å². The molecule has 0 bridgehead atoms. The summed E-state index contributed by atoms with van der Waals surface area (Å²) in [5, 5.41) is 8.09. The van der Waals surface area contributed by atoms with E-state index >= 15 is 0 Å². The molecule has 0 fully saturated rings. The number of anilines is 1. The standard InChI is InChI=1S/C11H16N6O/c1-7(2)17-6-9(14-15-17)4-8-5-16(3)11(18)13-10(8)12/h5-7H,4H2,1-3H3,(H2,12,13,18). The van der Waals surface area contributed by atoms with Crippen LogP contribution in [0, 0.1) is 0 Å². The third kappa shape index (κ3) is 2.39. The Labute approximate surface area is 104 Å². The molecule has 0 aliphatic rings. The Morgan fingerprint density at radius 3 is 2.72 bits per heavy atom. The number of nitrogen functional groups attached to an aromatic ring is 1. The second-order valence-corrected chi connectivity index (χ2v) is 4.51. The van der Waals surface area contributed by atoms with E-state index in [1.54, 1.807) is 17.9 Å². The molecule has 0 unspecified atom stereocenters. The van der Waals surface area contributed by atoms with E-state index in [-0.39, 0.29) is 17.5 Å². The lowest BCUT2D eigenvalue weighted by atomic mass is 10.2. The number of rotatable bonds is 3. The number of hydrogen-bond donors (Lipinski definition) is 1. The van der Waals surface area contributed by atoms with Gasteiger partial charge in [-0.2, -0.15) is 4.98 Å². The Kier molecular flexibility index (Phi) is 3.14. The zero-order valence-electron chi connectivity index (χ0n) is 10.7. The van der Waals surface area contributed by atoms with Crippen molar-refractivity contribution in [3.8, 4) is 0 Å². The van der Waals surface area contributed by atoms with Gasteiger partial charge in [-0.3, -0.25) is 0 Å². The topological polar surface area (TPSA) is 91.6 Å². The molecule has 0 spiro atoms. The average molecular weight is 248 g/mol. The van der Waals surface area contributed by atoms with Crippen molar-refractivity contribution in [2.24, 2.45) is 7.05 Å². The van der Waals surface area contributed by atoms with Crippen LogP contribution >= 0.6 is 0 Å². The van der Waals surface area contributed by atoms with Crippen molar-refractivity contribution in [1.82, 2.24) is 24.5 Å². The van der Waals surface area contributed by atoms with Gasteiger partial charge < -0.3 is 10.3 Å². The predicted molar refractivity (Wildman–Crippen MR) is 67.1 cm³/mol. The molecule has 0 saturated carbocycles. The fourth-order valence-corrected chi connectivity index (χ4v) is 1.59. The van der Waals surface area contributed by atoms with E-state index < -0.39 is 0 Å². The van der Waals surface area contributed by atoms with Crippen molar-refractivity contribution in [3.63, 3.8) is 0 Å². The summed E-state index contributed by atoms with van der Waals surface area (Å²) >= 11 is 0. The van der Waals surface area contributed by atoms with Gasteiger partial charge in [-0.15, -0.1) is 5.10 Å². The predicted octanol–water partition coefficient (Wildman–Crippen LogP) is 0.126. The van der Waals surface area contributed by atoms with Crippen LogP contribution in [-0.2, 0) is 13.5 Å². The highest BCUT2D eigenvalue weighted by molar-refractivity contribution is 5.38. The van der Waals surface area contributed by atoms with E-state index in [4.69, 9.17) is 5.73 Å². The summed E-state index contributed by atoms with van der Waals surface area (Å²) in [6.45, 7) is 4.06. The molecule has 0 saturated heterocycles. The van der Waals surface area contributed by atoms with E-state index in [1.807, 2.05) is 20.0 Å². The van der Waals surface area contributed by atoms with Crippen LogP contribution in [0.5, 0.6) is 0 Å². The SMILES string of the molecule is CC(C)n1cc(Cc2cn(C)c(=O)nc2N)nn1. The summed E-state index contributed by atoms with van der Waals surface area (Å²) in [7, 11) is 1.64. The van der Waals surface area contributed by atoms with Gasteiger partial charge in [0, 0.05) is 37.5 Å². The molecule has 2 aromatic heterocycles. The van der Waals surface area contributed by atoms with E-state index in [0.29, 0.717) is 6.42 Å². The Morgan fingerprint density at radius 2 is 2.11 bits per heavy atom. The monoisotopic (exact) mass is 248 g/mol. The molecule has 0 atom stereocenters. The van der Waals surface area contributed by atoms with Gasteiger partial charge in [-0.25, -0.2) is 9.48 Å². The number of aromatic nitrogens is 5. The lowest BCUT2D eigenvalue weighted by molar-refractivity contribution is 0.514. The Balaban J connectivity index is 2.28. The van der Waals surface area contributed by atoms with Crippen molar-refractivity contribution < 1.29 is 0 Å². The summed E-state index contributed by atoms with van der Waals surface area (Å²) < 4.78 is 3.18. The zero-order valence-corrected chi connectivity index (χ0v) is 10.7. The van der Waals surface area contributed by atoms with Gasteiger partial charge in [-0.05, 0) is 13.8 Å². The number of hydrogen-bond acceptors (Lipinski definition) is 5. The van der Waals surface area contributed by atoms with Gasteiger partial charge in [0.1, 0.15) is 5.82 Å². The van der Waals surface area contributed by atoms with Crippen LogP contribution in [0.4, 0.5) is 5.82 Å². The molecule has 2 N–H and O–H groups in total. The molecule has 2 aromatic rings. The lowest BCUT2D eigenvalue weighted by Gasteiger charge is -2.04. The molecule has 2 heterocycles. The van der Waals surface area contributed by atoms with Crippen LogP contribution in [-0.4, -0.2) is 24.5 Å². The molecule has 0 aromatic carbocycles. The minimum absolute atomic E-state index is 0.247. The van der Waals surface area contributed by atoms with Gasteiger partial charge in [-0.1, -0.05) is 5.21 Å². The highest BCUT2D eigenvalue weighted by atomic mass is 16.1. The van der Waals surface area contributed by atoms with E-state index in [0.717, 1.165) is 11.3 Å². The summed E-state index contributed by atoms with van der Waals surface area (Å²) in [6.07, 6.45) is 4.06. The van der Waals surface area contributed by atoms with Crippen LogP contribution in [0.3, 0.4) is 0 Å². The molecular weight excluding hydrogens is 232 g/mol. The van der Waals surface area contributed by atoms with Crippen molar-refractivity contribution >= 4 is 5.82 Å². The third-order valence-electron chi connectivity index (χ3n) is 2.65. The minimum atomic E-state index is -0.359. The highest BCUT2D eigenvalue weighted by Crippen LogP contribution is 2.11. The van der Waals surface area contributed by atoms with E-state index in [2.05, 4.69) is 15.3 Å². The van der Waals surface area contributed by atoms with Crippen LogP contribution in [0.15, 0.2) is 17.2 Å². The Hall–Kier alpha value is -2.18. The van der Waals surface area contributed by atoms with Crippen LogP contribution in [0.2, 0.25) is 0 Å². The fraction of sp³-hybridized carbons (Fsp3) is 0.455. The highest BCUT2D eigenvalue weighted by Gasteiger charge is 2.09. The summed E-state index contributed by atoms with van der Waals surface area (Å²) in [5.41, 5.74) is 6.94. The fourth-order valence-electron chi connectivity index (χ4n) is 1.59. The van der Waals surface area contributed by atoms with Gasteiger partial charge in [0.05, 0.1) is 5.69 Å². The van der Waals surface area contributed by atoms with Crippen LogP contribution in [0.1, 0.15) is 31.1 Å². The average Bonchev–Trinajstić information content (AvgIpc) is 2.74. The molecule has 96 valence electrons. The van der Waals surface area contributed by atoms with Crippen LogP contribution < -0.4 is 11.4 Å². The van der Waals surface area contributed by atoms with Crippen molar-refractivity contribution in [1.29, 1.82) is 0 Å². The molecule has 2 rings (SSSR count). The second kappa shape index (κ2) is 4.59. The molecule has 0 aliphatic carbocycles. The molecule has 0 aliphatic heterocycles. The van der Waals surface area contributed by atoms with Gasteiger partial charge >= 0.3 is 5.69 Å². The third-order valence-corrected chi connectivity index (χ3v) is 2.65. The lowest BCUT2D eigenvalue weighted by Crippen LogP contribution is -2.22. The first-order valence-corrected chi connectivity index (χ1v) is 5.70. The maximum absolute atomic E-state index is 11.3. The first kappa shape index (κ1) is 12.3. The minimum Gasteiger partial charge on any atom is -0.383 e. The number of nitrogens with zero attached hydrogens (tertiary/aromatic N) is 5. The number of aryl methyl sites for hydroxylation is 1. The molecular formula is C11H16N6O. The molecule has 0 amide bonds. The summed E-state index contributed by atoms with van der Waals surface area (Å²) in [5.74, 6) is 0.247. The molecule has 7 heteroatoms. The Morgan fingerprint density at radius 1 is 1.39 bits per heavy atom. The Bertz CT molecular complexity index is 612. The largest absolute Gasteiger partial charge is 0.383 e. The smallest absolute Gasteiger partial charge is 0.349 e. The zero-order chi connectivity index (χ0) is 13.3. The van der Waals surface area contributed by atoms with Crippen molar-refractivity contribution in [2.45, 2.75) is 26.3 Å². The molecule has 0 radical (unpaired) electrons. The summed E-state index contributed by atoms with van der Waals surface area (Å²) in [4.78, 5) is 15.0. The van der Waals surface area contributed by atoms with E-state index in [9.17, 15) is 4.79 Å². The first-order valence-electron chi connectivity index (χ1n) is 5.70. The van der Waals surface area contributed by atoms with Crippen molar-refractivity contribution in [2.75, 3.05) is 5.73 Å². The maximum Gasteiger partial charge on any atom is 0.349 e. The van der Waals surface area contributed by atoms with Gasteiger partial charge in [0.2, 0.25) is 0 Å². The molecule has 7 nitrogen and oxygen atoms in total. The van der Waals surface area contributed by atoms with Gasteiger partial charge in [0.15, 0.2) is 0 Å². The quantitative estimate of drug-likeness (QED) is 0.833. The first-order chi connectivity index (χ1) is 8.47. The van der Waals surface area contributed by atoms with Crippen molar-refractivity contribution in [3.05, 3.63) is 34.1 Å². The summed E-state index contributed by atoms with van der Waals surface area (Å²) in [6, 6.07) is 0.266. The second-order valence-electron chi connectivity index (χ2n) is 4.51. The normalized spacial score (nSPS) is 11.1. The maximum atomic E-state index is 11.3.